The lowest BCUT2D eigenvalue weighted by atomic mass is 10.1. The Morgan fingerprint density at radius 3 is 2.11 bits per heavy atom. The summed E-state index contributed by atoms with van der Waals surface area (Å²) in [6.07, 6.45) is 0. The van der Waals surface area contributed by atoms with Crippen LogP contribution in [0.5, 0.6) is 11.5 Å². The van der Waals surface area contributed by atoms with Gasteiger partial charge in [-0.2, -0.15) is 0 Å². The van der Waals surface area contributed by atoms with Crippen LogP contribution < -0.4 is 10.5 Å². The first-order chi connectivity index (χ1) is 8.97. The van der Waals surface area contributed by atoms with Crippen LogP contribution in [0.4, 0.5) is 0 Å². The fraction of sp³-hybridized carbons (Fsp3) is 0.188. The van der Waals surface area contributed by atoms with Crippen LogP contribution in [0.3, 0.4) is 0 Å². The molecule has 0 aliphatic carbocycles. The van der Waals surface area contributed by atoms with Crippen LogP contribution in [-0.4, -0.2) is 4.99 Å². The van der Waals surface area contributed by atoms with Crippen LogP contribution in [0.25, 0.3) is 0 Å². The first kappa shape index (κ1) is 13.6. The van der Waals surface area contributed by atoms with Crippen molar-refractivity contribution in [2.45, 2.75) is 20.8 Å². The van der Waals surface area contributed by atoms with E-state index in [1.54, 1.807) is 0 Å². The Morgan fingerprint density at radius 1 is 0.947 bits per heavy atom. The van der Waals surface area contributed by atoms with E-state index in [1.165, 1.54) is 5.56 Å². The number of hydrogen-bond acceptors (Lipinski definition) is 2. The van der Waals surface area contributed by atoms with Crippen molar-refractivity contribution in [3.63, 3.8) is 0 Å². The predicted molar refractivity (Wildman–Crippen MR) is 83.1 cm³/mol. The van der Waals surface area contributed by atoms with Gasteiger partial charge in [-0.05, 0) is 44.5 Å². The molecule has 98 valence electrons. The van der Waals surface area contributed by atoms with Crippen molar-refractivity contribution in [3.8, 4) is 11.5 Å². The molecule has 2 nitrogen and oxygen atoms in total. The molecular weight excluding hydrogens is 254 g/mol. The highest BCUT2D eigenvalue weighted by Crippen LogP contribution is 2.29. The highest BCUT2D eigenvalue weighted by molar-refractivity contribution is 7.80. The molecule has 0 fully saturated rings. The first-order valence-electron chi connectivity index (χ1n) is 6.13. The van der Waals surface area contributed by atoms with Gasteiger partial charge < -0.3 is 10.5 Å². The molecule has 2 rings (SSSR count). The Hall–Kier alpha value is -1.87. The van der Waals surface area contributed by atoms with Crippen LogP contribution in [-0.2, 0) is 0 Å². The smallest absolute Gasteiger partial charge is 0.137 e. The molecular formula is C16H17NOS. The quantitative estimate of drug-likeness (QED) is 0.856. The van der Waals surface area contributed by atoms with Crippen molar-refractivity contribution < 1.29 is 4.74 Å². The molecule has 0 saturated heterocycles. The largest absolute Gasteiger partial charge is 0.456 e. The van der Waals surface area contributed by atoms with Crippen LogP contribution in [0.2, 0.25) is 0 Å². The second kappa shape index (κ2) is 5.41. The molecule has 0 bridgehead atoms. The summed E-state index contributed by atoms with van der Waals surface area (Å²) in [5.74, 6) is 1.53. The van der Waals surface area contributed by atoms with E-state index in [0.29, 0.717) is 10.7 Å². The van der Waals surface area contributed by atoms with Crippen molar-refractivity contribution in [3.05, 3.63) is 58.7 Å². The maximum Gasteiger partial charge on any atom is 0.137 e. The molecule has 3 heteroatoms. The van der Waals surface area contributed by atoms with Gasteiger partial charge in [-0.3, -0.25) is 0 Å². The molecule has 2 aromatic rings. The molecule has 0 radical (unpaired) electrons. The SMILES string of the molecule is Cc1ccc(Oc2ccc(C)cc2C(N)=S)c(C)c1. The Kier molecular flexibility index (Phi) is 3.86. The third kappa shape index (κ3) is 3.12. The topological polar surface area (TPSA) is 35.2 Å². The van der Waals surface area contributed by atoms with E-state index in [0.717, 1.165) is 22.4 Å². The number of thiocarbonyl (C=S) groups is 1. The molecule has 0 spiro atoms. The van der Waals surface area contributed by atoms with Gasteiger partial charge >= 0.3 is 0 Å². The average molecular weight is 271 g/mol. The fourth-order valence-electron chi connectivity index (χ4n) is 1.96. The lowest BCUT2D eigenvalue weighted by Gasteiger charge is -2.13. The van der Waals surface area contributed by atoms with Crippen molar-refractivity contribution >= 4 is 17.2 Å². The summed E-state index contributed by atoms with van der Waals surface area (Å²) >= 11 is 5.08. The van der Waals surface area contributed by atoms with Gasteiger partial charge in [0.1, 0.15) is 16.5 Å². The van der Waals surface area contributed by atoms with Gasteiger partial charge in [-0.1, -0.05) is 41.5 Å². The molecule has 2 aromatic carbocycles. The van der Waals surface area contributed by atoms with Crippen LogP contribution >= 0.6 is 12.2 Å². The molecule has 0 heterocycles. The maximum atomic E-state index is 5.94. The highest BCUT2D eigenvalue weighted by Gasteiger charge is 2.09. The van der Waals surface area contributed by atoms with Crippen LogP contribution in [0.1, 0.15) is 22.3 Å². The molecule has 0 aliphatic heterocycles. The lowest BCUT2D eigenvalue weighted by molar-refractivity contribution is 0.477. The summed E-state index contributed by atoms with van der Waals surface area (Å²) in [6, 6.07) is 11.9. The minimum atomic E-state index is 0.350. The lowest BCUT2D eigenvalue weighted by Crippen LogP contribution is -2.11. The standard InChI is InChI=1S/C16H17NOS/c1-10-4-6-14(12(3)8-10)18-15-7-5-11(2)9-13(15)16(17)19/h4-9H,1-3H3,(H2,17,19). The summed E-state index contributed by atoms with van der Waals surface area (Å²) in [5.41, 5.74) is 9.93. The first-order valence-corrected chi connectivity index (χ1v) is 6.54. The van der Waals surface area contributed by atoms with E-state index in [1.807, 2.05) is 44.2 Å². The van der Waals surface area contributed by atoms with Crippen LogP contribution in [0, 0.1) is 20.8 Å². The minimum absolute atomic E-state index is 0.350. The Bertz CT molecular complexity index is 635. The van der Waals surface area contributed by atoms with Gasteiger partial charge in [0.15, 0.2) is 0 Å². The Morgan fingerprint density at radius 2 is 1.53 bits per heavy atom. The van der Waals surface area contributed by atoms with Gasteiger partial charge in [0.2, 0.25) is 0 Å². The number of hydrogen-bond donors (Lipinski definition) is 1. The normalized spacial score (nSPS) is 10.3. The van der Waals surface area contributed by atoms with Crippen LogP contribution in [0.15, 0.2) is 36.4 Å². The number of nitrogens with two attached hydrogens (primary N) is 1. The molecule has 0 amide bonds. The third-order valence-electron chi connectivity index (χ3n) is 2.95. The fourth-order valence-corrected chi connectivity index (χ4v) is 2.12. The molecule has 0 aliphatic rings. The van der Waals surface area contributed by atoms with E-state index in [4.69, 9.17) is 22.7 Å². The summed E-state index contributed by atoms with van der Waals surface area (Å²) in [4.78, 5) is 0.350. The third-order valence-corrected chi connectivity index (χ3v) is 3.17. The van der Waals surface area contributed by atoms with E-state index in [-0.39, 0.29) is 0 Å². The molecule has 0 unspecified atom stereocenters. The van der Waals surface area contributed by atoms with Gasteiger partial charge in [0.25, 0.3) is 0 Å². The summed E-state index contributed by atoms with van der Waals surface area (Å²) in [6.45, 7) is 6.09. The van der Waals surface area contributed by atoms with Crippen molar-refractivity contribution in [1.82, 2.24) is 0 Å². The number of aryl methyl sites for hydroxylation is 3. The van der Waals surface area contributed by atoms with Gasteiger partial charge in [-0.25, -0.2) is 0 Å². The van der Waals surface area contributed by atoms with E-state index < -0.39 is 0 Å². The van der Waals surface area contributed by atoms with Gasteiger partial charge in [0.05, 0.1) is 5.56 Å². The average Bonchev–Trinajstić information content (AvgIpc) is 2.34. The maximum absolute atomic E-state index is 5.94. The second-order valence-corrected chi connectivity index (χ2v) is 5.17. The number of rotatable bonds is 3. The molecule has 2 N–H and O–H groups in total. The predicted octanol–water partition coefficient (Wildman–Crippen LogP) is 4.04. The zero-order chi connectivity index (χ0) is 14.0. The second-order valence-electron chi connectivity index (χ2n) is 4.73. The van der Waals surface area contributed by atoms with Gasteiger partial charge in [-0.15, -0.1) is 0 Å². The Balaban J connectivity index is 2.40. The summed E-state index contributed by atoms with van der Waals surface area (Å²) in [7, 11) is 0. The molecule has 0 atom stereocenters. The van der Waals surface area contributed by atoms with E-state index in [2.05, 4.69) is 13.0 Å². The van der Waals surface area contributed by atoms with E-state index in [9.17, 15) is 0 Å². The Labute approximate surface area is 119 Å². The van der Waals surface area contributed by atoms with Crippen molar-refractivity contribution in [2.75, 3.05) is 0 Å². The molecule has 0 saturated carbocycles. The monoisotopic (exact) mass is 271 g/mol. The number of benzene rings is 2. The highest BCUT2D eigenvalue weighted by atomic mass is 32.1. The summed E-state index contributed by atoms with van der Waals surface area (Å²) in [5, 5.41) is 0. The number of ether oxygens (including phenoxy) is 1. The van der Waals surface area contributed by atoms with E-state index >= 15 is 0 Å². The minimum Gasteiger partial charge on any atom is -0.456 e. The molecule has 19 heavy (non-hydrogen) atoms. The van der Waals surface area contributed by atoms with Crippen molar-refractivity contribution in [1.29, 1.82) is 0 Å². The van der Waals surface area contributed by atoms with Gasteiger partial charge in [0, 0.05) is 0 Å². The molecule has 0 aromatic heterocycles. The van der Waals surface area contributed by atoms with Crippen molar-refractivity contribution in [2.24, 2.45) is 5.73 Å². The zero-order valence-electron chi connectivity index (χ0n) is 11.4. The zero-order valence-corrected chi connectivity index (χ0v) is 12.2. The summed E-state index contributed by atoms with van der Waals surface area (Å²) < 4.78 is 5.94.